The zero-order valence-corrected chi connectivity index (χ0v) is 9.16. The molecule has 0 bridgehead atoms. The highest BCUT2D eigenvalue weighted by atomic mass is 35.5. The van der Waals surface area contributed by atoms with Crippen LogP contribution in [0.2, 0.25) is 15.1 Å². The maximum absolute atomic E-state index is 6.03. The zero-order valence-electron chi connectivity index (χ0n) is 6.89. The van der Waals surface area contributed by atoms with Gasteiger partial charge in [0.2, 0.25) is 0 Å². The van der Waals surface area contributed by atoms with E-state index in [9.17, 15) is 0 Å². The molecule has 0 aliphatic carbocycles. The van der Waals surface area contributed by atoms with Gasteiger partial charge in [-0.2, -0.15) is 0 Å². The van der Waals surface area contributed by atoms with Crippen LogP contribution in [0.15, 0.2) is 24.7 Å². The van der Waals surface area contributed by atoms with Gasteiger partial charge in [0.15, 0.2) is 0 Å². The Balaban J connectivity index is 2.61. The second-order valence-electron chi connectivity index (χ2n) is 2.69. The largest absolute Gasteiger partial charge is 0.345 e. The first-order valence-electron chi connectivity index (χ1n) is 3.82. The first-order valence-corrected chi connectivity index (χ1v) is 4.96. The smallest absolute Gasteiger partial charge is 0.0924 e. The predicted molar refractivity (Wildman–Crippen MR) is 59.1 cm³/mol. The van der Waals surface area contributed by atoms with Gasteiger partial charge >= 0.3 is 0 Å². The highest BCUT2D eigenvalue weighted by molar-refractivity contribution is 6.49. The summed E-state index contributed by atoms with van der Waals surface area (Å²) in [4.78, 5) is 6.85. The van der Waals surface area contributed by atoms with E-state index in [1.54, 1.807) is 24.7 Å². The summed E-state index contributed by atoms with van der Waals surface area (Å²) in [5.41, 5.74) is 1.60. The van der Waals surface area contributed by atoms with Crippen molar-refractivity contribution in [2.24, 2.45) is 0 Å². The zero-order chi connectivity index (χ0) is 10.1. The van der Waals surface area contributed by atoms with E-state index in [-0.39, 0.29) is 0 Å². The van der Waals surface area contributed by atoms with Gasteiger partial charge in [0.25, 0.3) is 0 Å². The normalized spacial score (nSPS) is 10.5. The van der Waals surface area contributed by atoms with Crippen molar-refractivity contribution in [2.75, 3.05) is 0 Å². The van der Waals surface area contributed by atoms with E-state index in [0.29, 0.717) is 15.1 Å². The van der Waals surface area contributed by atoms with Crippen LogP contribution < -0.4 is 0 Å². The van der Waals surface area contributed by atoms with Crippen LogP contribution in [0.3, 0.4) is 0 Å². The number of hydrogen-bond acceptors (Lipinski definition) is 1. The summed E-state index contributed by atoms with van der Waals surface area (Å²) in [6, 6.07) is 3.50. The van der Waals surface area contributed by atoms with Gasteiger partial charge in [-0.15, -0.1) is 0 Å². The van der Waals surface area contributed by atoms with Gasteiger partial charge in [-0.3, -0.25) is 0 Å². The minimum absolute atomic E-state index is 0.362. The number of rotatable bonds is 1. The Labute approximate surface area is 95.8 Å². The SMILES string of the molecule is Clc1ccc(-c2cnc[nH]2)c(Cl)c1Cl. The topological polar surface area (TPSA) is 28.7 Å². The molecule has 2 nitrogen and oxygen atoms in total. The third kappa shape index (κ3) is 1.61. The summed E-state index contributed by atoms with van der Waals surface area (Å²) in [5, 5.41) is 1.24. The molecule has 0 unspecified atom stereocenters. The molecule has 14 heavy (non-hydrogen) atoms. The van der Waals surface area contributed by atoms with Crippen LogP contribution >= 0.6 is 34.8 Å². The molecule has 0 atom stereocenters. The molecule has 0 spiro atoms. The van der Waals surface area contributed by atoms with Crippen molar-refractivity contribution < 1.29 is 0 Å². The van der Waals surface area contributed by atoms with Gasteiger partial charge in [-0.25, -0.2) is 4.98 Å². The van der Waals surface area contributed by atoms with E-state index < -0.39 is 0 Å². The highest BCUT2D eigenvalue weighted by Crippen LogP contribution is 2.36. The van der Waals surface area contributed by atoms with Gasteiger partial charge in [-0.1, -0.05) is 34.8 Å². The fraction of sp³-hybridized carbons (Fsp3) is 0. The molecule has 0 saturated carbocycles. The number of H-pyrrole nitrogens is 1. The van der Waals surface area contributed by atoms with Crippen molar-refractivity contribution in [2.45, 2.75) is 0 Å². The van der Waals surface area contributed by atoms with Crippen molar-refractivity contribution >= 4 is 34.8 Å². The molecule has 1 N–H and O–H groups in total. The molecule has 5 heteroatoms. The Bertz CT molecular complexity index is 451. The summed E-state index contributed by atoms with van der Waals surface area (Å²) in [6.45, 7) is 0. The Hall–Kier alpha value is -0.700. The minimum Gasteiger partial charge on any atom is -0.345 e. The second kappa shape index (κ2) is 3.81. The molecule has 1 heterocycles. The minimum atomic E-state index is 0.362. The quantitative estimate of drug-likeness (QED) is 0.757. The van der Waals surface area contributed by atoms with E-state index in [0.717, 1.165) is 11.3 Å². The fourth-order valence-corrected chi connectivity index (χ4v) is 1.77. The standard InChI is InChI=1S/C9H5Cl3N2/c10-6-2-1-5(8(11)9(6)12)7-3-13-4-14-7/h1-4H,(H,13,14). The summed E-state index contributed by atoms with van der Waals surface area (Å²) in [7, 11) is 0. The van der Waals surface area contributed by atoms with Gasteiger partial charge in [0.1, 0.15) is 0 Å². The Kier molecular flexibility index (Phi) is 2.68. The summed E-state index contributed by atoms with van der Waals surface area (Å²) in [5.74, 6) is 0. The molecular formula is C9H5Cl3N2. The van der Waals surface area contributed by atoms with Crippen LogP contribution in [0, 0.1) is 0 Å². The number of nitrogens with zero attached hydrogens (tertiary/aromatic N) is 1. The van der Waals surface area contributed by atoms with E-state index >= 15 is 0 Å². The summed E-state index contributed by atoms with van der Waals surface area (Å²) in [6.07, 6.45) is 3.25. The molecule has 0 fully saturated rings. The van der Waals surface area contributed by atoms with Crippen LogP contribution in [0.25, 0.3) is 11.3 Å². The van der Waals surface area contributed by atoms with Gasteiger partial charge < -0.3 is 4.98 Å². The third-order valence-corrected chi connectivity index (χ3v) is 3.12. The number of nitrogens with one attached hydrogen (secondary N) is 1. The lowest BCUT2D eigenvalue weighted by atomic mass is 10.2. The van der Waals surface area contributed by atoms with Crippen LogP contribution in [0.1, 0.15) is 0 Å². The molecule has 72 valence electrons. The number of hydrogen-bond donors (Lipinski definition) is 1. The molecule has 0 aliphatic heterocycles. The maximum atomic E-state index is 6.03. The molecule has 1 aromatic carbocycles. The van der Waals surface area contributed by atoms with Gasteiger partial charge in [-0.05, 0) is 12.1 Å². The first kappa shape index (κ1) is 9.84. The Morgan fingerprint density at radius 2 is 1.86 bits per heavy atom. The van der Waals surface area contributed by atoms with E-state index in [2.05, 4.69) is 9.97 Å². The van der Waals surface area contributed by atoms with Crippen molar-refractivity contribution in [1.29, 1.82) is 0 Å². The van der Waals surface area contributed by atoms with E-state index in [4.69, 9.17) is 34.8 Å². The molecule has 0 aliphatic rings. The third-order valence-electron chi connectivity index (χ3n) is 1.82. The molecule has 0 radical (unpaired) electrons. The van der Waals surface area contributed by atoms with Crippen LogP contribution in [0.5, 0.6) is 0 Å². The Morgan fingerprint density at radius 3 is 2.50 bits per heavy atom. The predicted octanol–water partition coefficient (Wildman–Crippen LogP) is 4.04. The number of imidazole rings is 1. The first-order chi connectivity index (χ1) is 6.70. The van der Waals surface area contributed by atoms with Crippen LogP contribution in [0.4, 0.5) is 0 Å². The molecule has 2 rings (SSSR count). The molecule has 0 amide bonds. The maximum Gasteiger partial charge on any atom is 0.0924 e. The lowest BCUT2D eigenvalue weighted by Gasteiger charge is -2.04. The number of halogens is 3. The lowest BCUT2D eigenvalue weighted by Crippen LogP contribution is -1.81. The van der Waals surface area contributed by atoms with Crippen molar-refractivity contribution in [3.63, 3.8) is 0 Å². The van der Waals surface area contributed by atoms with Crippen LogP contribution in [-0.4, -0.2) is 9.97 Å². The number of aromatic amines is 1. The molecule has 0 saturated heterocycles. The van der Waals surface area contributed by atoms with Crippen LogP contribution in [-0.2, 0) is 0 Å². The monoisotopic (exact) mass is 246 g/mol. The lowest BCUT2D eigenvalue weighted by molar-refractivity contribution is 1.31. The molecule has 2 aromatic rings. The Morgan fingerprint density at radius 1 is 1.07 bits per heavy atom. The number of aromatic nitrogens is 2. The number of benzene rings is 1. The average Bonchev–Trinajstić information content (AvgIpc) is 2.67. The average molecular weight is 248 g/mol. The fourth-order valence-electron chi connectivity index (χ4n) is 1.14. The van der Waals surface area contributed by atoms with E-state index in [1.807, 2.05) is 0 Å². The van der Waals surface area contributed by atoms with Gasteiger partial charge in [0, 0.05) is 5.56 Å². The second-order valence-corrected chi connectivity index (χ2v) is 3.85. The summed E-state index contributed by atoms with van der Waals surface area (Å²) < 4.78 is 0. The summed E-state index contributed by atoms with van der Waals surface area (Å²) >= 11 is 17.7. The highest BCUT2D eigenvalue weighted by Gasteiger charge is 2.10. The van der Waals surface area contributed by atoms with Gasteiger partial charge in [0.05, 0.1) is 33.3 Å². The van der Waals surface area contributed by atoms with Crippen molar-refractivity contribution in [1.82, 2.24) is 9.97 Å². The van der Waals surface area contributed by atoms with E-state index in [1.165, 1.54) is 0 Å². The molecular weight excluding hydrogens is 242 g/mol. The molecule has 1 aromatic heterocycles. The van der Waals surface area contributed by atoms with Crippen molar-refractivity contribution in [3.05, 3.63) is 39.7 Å². The van der Waals surface area contributed by atoms with Crippen molar-refractivity contribution in [3.8, 4) is 11.3 Å².